The first-order valence-electron chi connectivity index (χ1n) is 5.93. The minimum atomic E-state index is -1.18. The molecule has 0 aliphatic rings. The van der Waals surface area contributed by atoms with Gasteiger partial charge in [-0.3, -0.25) is 19.7 Å². The Kier molecular flexibility index (Phi) is 3.97. The number of aromatic nitrogens is 1. The first-order valence-corrected chi connectivity index (χ1v) is 5.93. The summed E-state index contributed by atoms with van der Waals surface area (Å²) in [6.07, 6.45) is 0.832. The first kappa shape index (κ1) is 15.3. The summed E-state index contributed by atoms with van der Waals surface area (Å²) in [5, 5.41) is 10.8. The Morgan fingerprint density at radius 3 is 2.64 bits per heavy atom. The van der Waals surface area contributed by atoms with Crippen molar-refractivity contribution in [2.24, 2.45) is 5.73 Å². The quantitative estimate of drug-likeness (QED) is 0.675. The number of amides is 1. The lowest BCUT2D eigenvalue weighted by molar-refractivity contribution is -0.385. The summed E-state index contributed by atoms with van der Waals surface area (Å²) in [4.78, 5) is 33.2. The molecule has 0 fully saturated rings. The van der Waals surface area contributed by atoms with Crippen LogP contribution < -0.4 is 11.3 Å². The van der Waals surface area contributed by atoms with Gasteiger partial charge in [0.05, 0.1) is 17.7 Å². The molecule has 0 saturated carbocycles. The van der Waals surface area contributed by atoms with Crippen LogP contribution in [0.15, 0.2) is 35.3 Å². The smallest absolute Gasteiger partial charge is 0.286 e. The van der Waals surface area contributed by atoms with Crippen LogP contribution >= 0.6 is 0 Å². The van der Waals surface area contributed by atoms with Gasteiger partial charge in [0.2, 0.25) is 0 Å². The predicted octanol–water partition coefficient (Wildman–Crippen LogP) is 1.18. The number of hydrogen-bond donors (Lipinski definition) is 1. The Bertz CT molecular complexity index is 833. The van der Waals surface area contributed by atoms with Gasteiger partial charge in [-0.05, 0) is 6.07 Å². The summed E-state index contributed by atoms with van der Waals surface area (Å²) in [7, 11) is 0. The van der Waals surface area contributed by atoms with Gasteiger partial charge in [0.1, 0.15) is 5.56 Å². The molecule has 0 aliphatic heterocycles. The van der Waals surface area contributed by atoms with E-state index in [9.17, 15) is 28.5 Å². The van der Waals surface area contributed by atoms with Gasteiger partial charge in [0.25, 0.3) is 17.2 Å². The van der Waals surface area contributed by atoms with Gasteiger partial charge in [-0.1, -0.05) is 12.1 Å². The summed E-state index contributed by atoms with van der Waals surface area (Å²) in [5.41, 5.74) is 2.70. The van der Waals surface area contributed by atoms with Gasteiger partial charge in [0.15, 0.2) is 11.6 Å². The average Bonchev–Trinajstić information content (AvgIpc) is 2.45. The zero-order valence-corrected chi connectivity index (χ0v) is 11.0. The standard InChI is InChI=1S/C13H9F2N3O4/c14-10-3-1-2-7(11(10)15)5-17-6-8(18(21)22)4-9(12(16)19)13(17)20/h1-4,6H,5H2,(H2,16,19). The van der Waals surface area contributed by atoms with Gasteiger partial charge >= 0.3 is 0 Å². The lowest BCUT2D eigenvalue weighted by atomic mass is 10.2. The van der Waals surface area contributed by atoms with E-state index in [-0.39, 0.29) is 5.56 Å². The van der Waals surface area contributed by atoms with Crippen molar-refractivity contribution in [3.05, 3.63) is 73.7 Å². The van der Waals surface area contributed by atoms with E-state index in [1.54, 1.807) is 0 Å². The molecule has 114 valence electrons. The monoisotopic (exact) mass is 309 g/mol. The Labute approximate surface area is 121 Å². The number of carbonyl (C=O) groups is 1. The molecule has 2 N–H and O–H groups in total. The minimum Gasteiger partial charge on any atom is -0.365 e. The highest BCUT2D eigenvalue weighted by Gasteiger charge is 2.18. The number of carbonyl (C=O) groups excluding carboxylic acids is 1. The molecule has 0 unspecified atom stereocenters. The molecule has 0 spiro atoms. The van der Waals surface area contributed by atoms with Crippen LogP contribution in [0, 0.1) is 21.7 Å². The van der Waals surface area contributed by atoms with E-state index >= 15 is 0 Å². The van der Waals surface area contributed by atoms with Crippen molar-refractivity contribution in [1.29, 1.82) is 0 Å². The van der Waals surface area contributed by atoms with Gasteiger partial charge in [0, 0.05) is 11.6 Å². The Balaban J connectivity index is 2.59. The molecule has 0 bridgehead atoms. The molecule has 1 aromatic carbocycles. The van der Waals surface area contributed by atoms with Crippen LogP contribution in [0.25, 0.3) is 0 Å². The molecule has 0 saturated heterocycles. The van der Waals surface area contributed by atoms with E-state index in [0.29, 0.717) is 0 Å². The maximum Gasteiger partial charge on any atom is 0.286 e. The van der Waals surface area contributed by atoms with Crippen molar-refractivity contribution in [2.45, 2.75) is 6.54 Å². The van der Waals surface area contributed by atoms with E-state index in [4.69, 9.17) is 5.73 Å². The van der Waals surface area contributed by atoms with Crippen LogP contribution in [0.3, 0.4) is 0 Å². The lowest BCUT2D eigenvalue weighted by Crippen LogP contribution is -2.30. The third kappa shape index (κ3) is 2.82. The number of nitrogens with zero attached hydrogens (tertiary/aromatic N) is 2. The number of hydrogen-bond acceptors (Lipinski definition) is 4. The second-order valence-corrected chi connectivity index (χ2v) is 4.38. The van der Waals surface area contributed by atoms with E-state index < -0.39 is 45.8 Å². The fraction of sp³-hybridized carbons (Fsp3) is 0.0769. The average molecular weight is 309 g/mol. The first-order chi connectivity index (χ1) is 10.3. The van der Waals surface area contributed by atoms with Gasteiger partial charge in [-0.2, -0.15) is 0 Å². The van der Waals surface area contributed by atoms with Crippen molar-refractivity contribution >= 4 is 11.6 Å². The Morgan fingerprint density at radius 1 is 1.36 bits per heavy atom. The highest BCUT2D eigenvalue weighted by molar-refractivity contribution is 5.92. The summed E-state index contributed by atoms with van der Waals surface area (Å²) in [5.74, 6) is -3.45. The molecular formula is C13H9F2N3O4. The highest BCUT2D eigenvalue weighted by atomic mass is 19.2. The van der Waals surface area contributed by atoms with Crippen molar-refractivity contribution in [3.8, 4) is 0 Å². The summed E-state index contributed by atoms with van der Waals surface area (Å²) < 4.78 is 27.5. The third-order valence-corrected chi connectivity index (χ3v) is 2.92. The van der Waals surface area contributed by atoms with Crippen LogP contribution in [-0.2, 0) is 6.54 Å². The maximum absolute atomic E-state index is 13.6. The summed E-state index contributed by atoms with van der Waals surface area (Å²) in [6.45, 7) is -0.482. The molecular weight excluding hydrogens is 300 g/mol. The fourth-order valence-corrected chi connectivity index (χ4v) is 1.87. The number of rotatable bonds is 4. The minimum absolute atomic E-state index is 0.196. The number of nitrogens with two attached hydrogens (primary N) is 1. The molecule has 1 aromatic heterocycles. The summed E-state index contributed by atoms with van der Waals surface area (Å²) in [6, 6.07) is 4.08. The zero-order valence-electron chi connectivity index (χ0n) is 11.0. The van der Waals surface area contributed by atoms with Crippen LogP contribution in [-0.4, -0.2) is 15.4 Å². The van der Waals surface area contributed by atoms with Gasteiger partial charge in [-0.15, -0.1) is 0 Å². The molecule has 7 nitrogen and oxygen atoms in total. The number of primary amides is 1. The molecule has 0 radical (unpaired) electrons. The van der Waals surface area contributed by atoms with Crippen molar-refractivity contribution in [1.82, 2.24) is 4.57 Å². The topological polar surface area (TPSA) is 108 Å². The van der Waals surface area contributed by atoms with E-state index in [1.165, 1.54) is 12.1 Å². The molecule has 2 aromatic rings. The molecule has 1 amide bonds. The molecule has 0 aliphatic carbocycles. The second kappa shape index (κ2) is 5.72. The number of halogens is 2. The maximum atomic E-state index is 13.6. The number of benzene rings is 1. The summed E-state index contributed by atoms with van der Waals surface area (Å²) >= 11 is 0. The molecule has 9 heteroatoms. The largest absolute Gasteiger partial charge is 0.365 e. The number of nitro groups is 1. The van der Waals surface area contributed by atoms with Gasteiger partial charge in [-0.25, -0.2) is 8.78 Å². The normalized spacial score (nSPS) is 10.5. The molecule has 2 rings (SSSR count). The van der Waals surface area contributed by atoms with Crippen molar-refractivity contribution < 1.29 is 18.5 Å². The Hall–Kier alpha value is -3.10. The van der Waals surface area contributed by atoms with E-state index in [2.05, 4.69) is 0 Å². The van der Waals surface area contributed by atoms with Crippen LogP contribution in [0.4, 0.5) is 14.5 Å². The van der Waals surface area contributed by atoms with E-state index in [1.807, 2.05) is 0 Å². The lowest BCUT2D eigenvalue weighted by Gasteiger charge is -2.08. The Morgan fingerprint density at radius 2 is 2.05 bits per heavy atom. The number of pyridine rings is 1. The van der Waals surface area contributed by atoms with Crippen LogP contribution in [0.5, 0.6) is 0 Å². The van der Waals surface area contributed by atoms with Crippen molar-refractivity contribution in [3.63, 3.8) is 0 Å². The highest BCUT2D eigenvalue weighted by Crippen LogP contribution is 2.15. The predicted molar refractivity (Wildman–Crippen MR) is 71.3 cm³/mol. The SMILES string of the molecule is NC(=O)c1cc([N+](=O)[O-])cn(Cc2cccc(F)c2F)c1=O. The zero-order chi connectivity index (χ0) is 16.4. The molecule has 1 heterocycles. The van der Waals surface area contributed by atoms with E-state index in [0.717, 1.165) is 22.9 Å². The fourth-order valence-electron chi connectivity index (χ4n) is 1.87. The second-order valence-electron chi connectivity index (χ2n) is 4.38. The third-order valence-electron chi connectivity index (χ3n) is 2.92. The van der Waals surface area contributed by atoms with Crippen LogP contribution in [0.2, 0.25) is 0 Å². The molecule has 22 heavy (non-hydrogen) atoms. The molecule has 0 atom stereocenters. The van der Waals surface area contributed by atoms with Crippen molar-refractivity contribution in [2.75, 3.05) is 0 Å². The van der Waals surface area contributed by atoms with Crippen LogP contribution in [0.1, 0.15) is 15.9 Å². The van der Waals surface area contributed by atoms with Gasteiger partial charge < -0.3 is 10.3 Å².